The van der Waals surface area contributed by atoms with Gasteiger partial charge in [-0.3, -0.25) is 0 Å². The molecule has 0 aliphatic heterocycles. The summed E-state index contributed by atoms with van der Waals surface area (Å²) < 4.78 is 0. The third-order valence-corrected chi connectivity index (χ3v) is 3.26. The molecular weight excluding hydrogens is 194 g/mol. The van der Waals surface area contributed by atoms with Gasteiger partial charge in [0.05, 0.1) is 17.7 Å². The predicted molar refractivity (Wildman–Crippen MR) is 58.2 cm³/mol. The second kappa shape index (κ2) is 5.04. The van der Waals surface area contributed by atoms with Gasteiger partial charge in [-0.1, -0.05) is 13.0 Å². The van der Waals surface area contributed by atoms with Gasteiger partial charge < -0.3 is 5.11 Å². The van der Waals surface area contributed by atoms with Crippen LogP contribution in [0, 0.1) is 11.3 Å². The van der Waals surface area contributed by atoms with E-state index in [9.17, 15) is 5.11 Å². The molecule has 0 spiro atoms. The summed E-state index contributed by atoms with van der Waals surface area (Å²) in [5, 5.41) is 18.2. The van der Waals surface area contributed by atoms with Crippen molar-refractivity contribution >= 4 is 11.8 Å². The molecule has 0 aliphatic carbocycles. The minimum absolute atomic E-state index is 0.143. The minimum atomic E-state index is -0.342. The van der Waals surface area contributed by atoms with E-state index in [0.717, 1.165) is 4.90 Å². The van der Waals surface area contributed by atoms with Crippen LogP contribution in [0.2, 0.25) is 0 Å². The van der Waals surface area contributed by atoms with Crippen LogP contribution < -0.4 is 0 Å². The highest BCUT2D eigenvalue weighted by atomic mass is 32.2. The molecule has 0 bridgehead atoms. The van der Waals surface area contributed by atoms with Gasteiger partial charge in [0.25, 0.3) is 0 Å². The van der Waals surface area contributed by atoms with Crippen LogP contribution in [0.1, 0.15) is 19.4 Å². The Balaban J connectivity index is 2.73. The van der Waals surface area contributed by atoms with Crippen molar-refractivity contribution in [3.63, 3.8) is 0 Å². The van der Waals surface area contributed by atoms with Crippen LogP contribution in [-0.4, -0.2) is 16.5 Å². The number of benzene rings is 1. The lowest BCUT2D eigenvalue weighted by atomic mass is 10.2. The average molecular weight is 207 g/mol. The van der Waals surface area contributed by atoms with Gasteiger partial charge in [-0.2, -0.15) is 5.26 Å². The summed E-state index contributed by atoms with van der Waals surface area (Å²) in [4.78, 5) is 1.03. The number of rotatable bonds is 3. The van der Waals surface area contributed by atoms with Gasteiger partial charge in [0, 0.05) is 10.1 Å². The molecule has 74 valence electrons. The zero-order valence-corrected chi connectivity index (χ0v) is 9.08. The molecule has 0 aromatic heterocycles. The molecule has 0 heterocycles. The highest BCUT2D eigenvalue weighted by molar-refractivity contribution is 8.00. The van der Waals surface area contributed by atoms with Gasteiger partial charge in [-0.25, -0.2) is 0 Å². The van der Waals surface area contributed by atoms with Crippen LogP contribution in [0.4, 0.5) is 0 Å². The van der Waals surface area contributed by atoms with Crippen LogP contribution in [0.5, 0.6) is 0 Å². The standard InChI is InChI=1S/C11H13NOS/c1-8(13)9(2)14-11-5-3-4-10(6-11)7-12/h3-6,8-9,13H,1-2H3. The highest BCUT2D eigenvalue weighted by Gasteiger charge is 2.10. The molecule has 0 aliphatic rings. The van der Waals surface area contributed by atoms with E-state index in [0.29, 0.717) is 5.56 Å². The summed E-state index contributed by atoms with van der Waals surface area (Å²) in [6.07, 6.45) is -0.342. The number of thioether (sulfide) groups is 1. The molecule has 0 fully saturated rings. The fourth-order valence-corrected chi connectivity index (χ4v) is 1.93. The quantitative estimate of drug-likeness (QED) is 0.774. The lowest BCUT2D eigenvalue weighted by molar-refractivity contribution is 0.196. The molecule has 1 N–H and O–H groups in total. The lowest BCUT2D eigenvalue weighted by Gasteiger charge is -2.13. The number of nitrogens with zero attached hydrogens (tertiary/aromatic N) is 1. The van der Waals surface area contributed by atoms with E-state index in [1.807, 2.05) is 25.1 Å². The summed E-state index contributed by atoms with van der Waals surface area (Å²) in [5.41, 5.74) is 0.660. The molecule has 0 radical (unpaired) electrons. The van der Waals surface area contributed by atoms with Crippen LogP contribution in [0.3, 0.4) is 0 Å². The predicted octanol–water partition coefficient (Wildman–Crippen LogP) is 2.42. The maximum absolute atomic E-state index is 9.32. The molecule has 0 saturated carbocycles. The minimum Gasteiger partial charge on any atom is -0.392 e. The van der Waals surface area contributed by atoms with Crippen LogP contribution >= 0.6 is 11.8 Å². The summed E-state index contributed by atoms with van der Waals surface area (Å²) in [6.45, 7) is 3.74. The molecule has 2 unspecified atom stereocenters. The van der Waals surface area contributed by atoms with Crippen molar-refractivity contribution in [3.8, 4) is 6.07 Å². The lowest BCUT2D eigenvalue weighted by Crippen LogP contribution is -2.14. The largest absolute Gasteiger partial charge is 0.392 e. The SMILES string of the molecule is CC(O)C(C)Sc1cccc(C#N)c1. The van der Waals surface area contributed by atoms with E-state index in [1.165, 1.54) is 0 Å². The Labute approximate surface area is 88.6 Å². The van der Waals surface area contributed by atoms with Gasteiger partial charge >= 0.3 is 0 Å². The van der Waals surface area contributed by atoms with Crippen LogP contribution in [-0.2, 0) is 0 Å². The monoisotopic (exact) mass is 207 g/mol. The van der Waals surface area contributed by atoms with Crippen molar-refractivity contribution in [2.24, 2.45) is 0 Å². The molecule has 14 heavy (non-hydrogen) atoms. The summed E-state index contributed by atoms with van der Waals surface area (Å²) in [5.74, 6) is 0. The second-order valence-corrected chi connectivity index (χ2v) is 4.65. The number of hydrogen-bond acceptors (Lipinski definition) is 3. The maximum Gasteiger partial charge on any atom is 0.0992 e. The molecule has 2 nitrogen and oxygen atoms in total. The number of nitriles is 1. The smallest absolute Gasteiger partial charge is 0.0992 e. The van der Waals surface area contributed by atoms with Crippen molar-refractivity contribution in [1.82, 2.24) is 0 Å². The van der Waals surface area contributed by atoms with Crippen molar-refractivity contribution in [3.05, 3.63) is 29.8 Å². The third kappa shape index (κ3) is 3.06. The van der Waals surface area contributed by atoms with Crippen molar-refractivity contribution in [2.75, 3.05) is 0 Å². The van der Waals surface area contributed by atoms with Crippen molar-refractivity contribution in [2.45, 2.75) is 30.1 Å². The van der Waals surface area contributed by atoms with E-state index >= 15 is 0 Å². The zero-order valence-electron chi connectivity index (χ0n) is 8.27. The maximum atomic E-state index is 9.32. The number of aliphatic hydroxyl groups excluding tert-OH is 1. The van der Waals surface area contributed by atoms with Gasteiger partial charge in [0.2, 0.25) is 0 Å². The summed E-state index contributed by atoms with van der Waals surface area (Å²) in [7, 11) is 0. The summed E-state index contributed by atoms with van der Waals surface area (Å²) >= 11 is 1.58. The van der Waals surface area contributed by atoms with Crippen molar-refractivity contribution < 1.29 is 5.11 Å². The molecule has 1 aromatic rings. The molecule has 0 amide bonds. The molecule has 2 atom stereocenters. The molecular formula is C11H13NOS. The molecule has 1 aromatic carbocycles. The van der Waals surface area contributed by atoms with Crippen LogP contribution in [0.15, 0.2) is 29.2 Å². The highest BCUT2D eigenvalue weighted by Crippen LogP contribution is 2.25. The summed E-state index contributed by atoms with van der Waals surface area (Å²) in [6, 6.07) is 9.51. The van der Waals surface area contributed by atoms with Gasteiger partial charge in [0.15, 0.2) is 0 Å². The second-order valence-electron chi connectivity index (χ2n) is 3.20. The molecule has 1 rings (SSSR count). The van der Waals surface area contributed by atoms with Gasteiger partial charge in [0.1, 0.15) is 0 Å². The Hall–Kier alpha value is -0.980. The Morgan fingerprint density at radius 2 is 2.14 bits per heavy atom. The molecule has 0 saturated heterocycles. The Bertz CT molecular complexity index is 343. The van der Waals surface area contributed by atoms with E-state index in [4.69, 9.17) is 5.26 Å². The van der Waals surface area contributed by atoms with E-state index < -0.39 is 0 Å². The Kier molecular flexibility index (Phi) is 3.99. The zero-order chi connectivity index (χ0) is 10.6. The first kappa shape index (κ1) is 11.1. The van der Waals surface area contributed by atoms with E-state index in [-0.39, 0.29) is 11.4 Å². The Morgan fingerprint density at radius 1 is 1.43 bits per heavy atom. The van der Waals surface area contributed by atoms with Gasteiger partial charge in [-0.15, -0.1) is 11.8 Å². The normalized spacial score (nSPS) is 14.4. The first-order valence-electron chi connectivity index (χ1n) is 4.48. The number of aliphatic hydroxyl groups is 1. The topological polar surface area (TPSA) is 44.0 Å². The Morgan fingerprint density at radius 3 is 2.71 bits per heavy atom. The fourth-order valence-electron chi connectivity index (χ4n) is 0.952. The third-order valence-electron chi connectivity index (χ3n) is 1.96. The molecule has 3 heteroatoms. The first-order valence-corrected chi connectivity index (χ1v) is 5.36. The average Bonchev–Trinajstić information content (AvgIpc) is 2.18. The van der Waals surface area contributed by atoms with Crippen LogP contribution in [0.25, 0.3) is 0 Å². The van der Waals surface area contributed by atoms with Gasteiger partial charge in [-0.05, 0) is 25.1 Å². The van der Waals surface area contributed by atoms with E-state index in [2.05, 4.69) is 6.07 Å². The fraction of sp³-hybridized carbons (Fsp3) is 0.364. The van der Waals surface area contributed by atoms with E-state index in [1.54, 1.807) is 24.8 Å². The first-order chi connectivity index (χ1) is 6.63. The van der Waals surface area contributed by atoms with Crippen molar-refractivity contribution in [1.29, 1.82) is 5.26 Å². The number of hydrogen-bond donors (Lipinski definition) is 1.